The number of piperidine rings is 2. The van der Waals surface area contributed by atoms with Crippen molar-refractivity contribution in [1.82, 2.24) is 4.90 Å². The second-order valence-electron chi connectivity index (χ2n) is 6.12. The minimum atomic E-state index is -0.0453. The van der Waals surface area contributed by atoms with Crippen molar-refractivity contribution in [2.45, 2.75) is 43.7 Å². The number of carbonyl (C=O) groups is 1. The molecule has 2 aliphatic rings. The Bertz CT molecular complexity index is 473. The maximum absolute atomic E-state index is 12.3. The summed E-state index contributed by atoms with van der Waals surface area (Å²) in [6.45, 7) is 0. The number of hydrogen-bond donors (Lipinski definition) is 0. The molecule has 1 aromatic rings. The van der Waals surface area contributed by atoms with Crippen LogP contribution in [0.4, 0.5) is 0 Å². The van der Waals surface area contributed by atoms with Gasteiger partial charge in [-0.2, -0.15) is 0 Å². The number of ether oxygens (including phenoxy) is 1. The summed E-state index contributed by atoms with van der Waals surface area (Å²) in [6.07, 6.45) is 4.66. The normalized spacial score (nSPS) is 33.7. The van der Waals surface area contributed by atoms with Crippen molar-refractivity contribution in [2.24, 2.45) is 5.92 Å². The van der Waals surface area contributed by atoms with Gasteiger partial charge in [-0.25, -0.2) is 0 Å². The zero-order valence-corrected chi connectivity index (χ0v) is 12.3. The molecule has 1 aromatic carbocycles. The molecule has 3 heteroatoms. The molecule has 3 rings (SSSR count). The number of fused-ring (bicyclic) bond motifs is 2. The SMILES string of the molecule is COC(=O)[C@H]1[C@H](c2ccccc2)C[C@H]2CCC[C@@H]1N2C. The van der Waals surface area contributed by atoms with Crippen LogP contribution in [0.2, 0.25) is 0 Å². The Labute approximate surface area is 120 Å². The van der Waals surface area contributed by atoms with Crippen molar-refractivity contribution in [1.29, 1.82) is 0 Å². The highest BCUT2D eigenvalue weighted by Crippen LogP contribution is 2.45. The third-order valence-electron chi connectivity index (χ3n) is 5.21. The number of nitrogens with zero attached hydrogens (tertiary/aromatic N) is 1. The first-order valence-corrected chi connectivity index (χ1v) is 7.57. The molecule has 2 heterocycles. The molecule has 0 N–H and O–H groups in total. The average Bonchev–Trinajstić information content (AvgIpc) is 2.47. The molecule has 0 amide bonds. The summed E-state index contributed by atoms with van der Waals surface area (Å²) in [5.74, 6) is 0.232. The Morgan fingerprint density at radius 2 is 2.00 bits per heavy atom. The number of esters is 1. The summed E-state index contributed by atoms with van der Waals surface area (Å²) in [5, 5.41) is 0. The van der Waals surface area contributed by atoms with Gasteiger partial charge < -0.3 is 4.74 Å². The van der Waals surface area contributed by atoms with Crippen molar-refractivity contribution < 1.29 is 9.53 Å². The lowest BCUT2D eigenvalue weighted by Gasteiger charge is -2.50. The Morgan fingerprint density at radius 3 is 2.70 bits per heavy atom. The molecule has 0 spiro atoms. The molecule has 2 saturated heterocycles. The number of hydrogen-bond acceptors (Lipinski definition) is 3. The average molecular weight is 273 g/mol. The highest BCUT2D eigenvalue weighted by molar-refractivity contribution is 5.75. The first-order chi connectivity index (χ1) is 9.72. The highest BCUT2D eigenvalue weighted by atomic mass is 16.5. The van der Waals surface area contributed by atoms with Crippen LogP contribution in [0, 0.1) is 5.92 Å². The van der Waals surface area contributed by atoms with Gasteiger partial charge >= 0.3 is 5.97 Å². The van der Waals surface area contributed by atoms with E-state index in [-0.39, 0.29) is 11.9 Å². The van der Waals surface area contributed by atoms with Gasteiger partial charge in [-0.3, -0.25) is 9.69 Å². The lowest BCUT2D eigenvalue weighted by Crippen LogP contribution is -2.56. The highest BCUT2D eigenvalue weighted by Gasteiger charge is 2.47. The van der Waals surface area contributed by atoms with E-state index in [0.717, 1.165) is 12.8 Å². The van der Waals surface area contributed by atoms with Gasteiger partial charge in [-0.15, -0.1) is 0 Å². The number of rotatable bonds is 2. The van der Waals surface area contributed by atoms with E-state index in [4.69, 9.17) is 4.74 Å². The summed E-state index contributed by atoms with van der Waals surface area (Å²) in [5.41, 5.74) is 1.29. The molecule has 0 aromatic heterocycles. The van der Waals surface area contributed by atoms with Gasteiger partial charge in [0.2, 0.25) is 0 Å². The Hall–Kier alpha value is -1.35. The molecule has 108 valence electrons. The summed E-state index contributed by atoms with van der Waals surface area (Å²) in [4.78, 5) is 14.8. The van der Waals surface area contributed by atoms with Gasteiger partial charge in [-0.05, 0) is 31.9 Å². The van der Waals surface area contributed by atoms with Crippen molar-refractivity contribution in [3.63, 3.8) is 0 Å². The molecule has 0 unspecified atom stereocenters. The maximum Gasteiger partial charge on any atom is 0.310 e. The lowest BCUT2D eigenvalue weighted by molar-refractivity contribution is -0.153. The number of carbonyl (C=O) groups excluding carboxylic acids is 1. The molecule has 20 heavy (non-hydrogen) atoms. The van der Waals surface area contributed by atoms with Crippen LogP contribution in [-0.2, 0) is 9.53 Å². The Balaban J connectivity index is 1.96. The van der Waals surface area contributed by atoms with Crippen LogP contribution in [0.1, 0.15) is 37.2 Å². The molecule has 3 nitrogen and oxygen atoms in total. The lowest BCUT2D eigenvalue weighted by atomic mass is 9.69. The van der Waals surface area contributed by atoms with Crippen molar-refractivity contribution in [2.75, 3.05) is 14.2 Å². The molecule has 2 bridgehead atoms. The predicted molar refractivity (Wildman–Crippen MR) is 78.5 cm³/mol. The fraction of sp³-hybridized carbons (Fsp3) is 0.588. The minimum Gasteiger partial charge on any atom is -0.469 e. The topological polar surface area (TPSA) is 29.5 Å². The van der Waals surface area contributed by atoms with Gasteiger partial charge in [0, 0.05) is 18.0 Å². The van der Waals surface area contributed by atoms with Crippen molar-refractivity contribution >= 4 is 5.97 Å². The summed E-state index contributed by atoms with van der Waals surface area (Å²) < 4.78 is 5.12. The third kappa shape index (κ3) is 2.24. The van der Waals surface area contributed by atoms with E-state index in [0.29, 0.717) is 18.0 Å². The van der Waals surface area contributed by atoms with E-state index in [1.54, 1.807) is 0 Å². The van der Waals surface area contributed by atoms with Gasteiger partial charge in [0.05, 0.1) is 13.0 Å². The van der Waals surface area contributed by atoms with Crippen LogP contribution in [0.25, 0.3) is 0 Å². The fourth-order valence-corrected chi connectivity index (χ4v) is 4.17. The molecular formula is C17H23NO2. The van der Waals surface area contributed by atoms with Gasteiger partial charge in [0.25, 0.3) is 0 Å². The molecule has 2 aliphatic heterocycles. The van der Waals surface area contributed by atoms with Crippen molar-refractivity contribution in [3.05, 3.63) is 35.9 Å². The quantitative estimate of drug-likeness (QED) is 0.776. The molecular weight excluding hydrogens is 250 g/mol. The van der Waals surface area contributed by atoms with Crippen LogP contribution < -0.4 is 0 Å². The summed E-state index contributed by atoms with van der Waals surface area (Å²) >= 11 is 0. The zero-order chi connectivity index (χ0) is 14.1. The van der Waals surface area contributed by atoms with Gasteiger partial charge in [0.15, 0.2) is 0 Å². The summed E-state index contributed by atoms with van der Waals surface area (Å²) in [7, 11) is 3.69. The minimum absolute atomic E-state index is 0.0241. The first kappa shape index (κ1) is 13.6. The van der Waals surface area contributed by atoms with E-state index in [9.17, 15) is 4.79 Å². The second-order valence-corrected chi connectivity index (χ2v) is 6.12. The van der Waals surface area contributed by atoms with Crippen LogP contribution in [-0.4, -0.2) is 37.1 Å². The first-order valence-electron chi connectivity index (χ1n) is 7.57. The van der Waals surface area contributed by atoms with E-state index in [1.165, 1.54) is 25.5 Å². The van der Waals surface area contributed by atoms with E-state index in [1.807, 2.05) is 6.07 Å². The number of methoxy groups -OCH3 is 1. The van der Waals surface area contributed by atoms with Crippen LogP contribution >= 0.6 is 0 Å². The van der Waals surface area contributed by atoms with E-state index >= 15 is 0 Å². The number of benzene rings is 1. The zero-order valence-electron chi connectivity index (χ0n) is 12.3. The third-order valence-corrected chi connectivity index (χ3v) is 5.21. The van der Waals surface area contributed by atoms with E-state index in [2.05, 4.69) is 36.2 Å². The van der Waals surface area contributed by atoms with Gasteiger partial charge in [0.1, 0.15) is 0 Å². The van der Waals surface area contributed by atoms with Gasteiger partial charge in [-0.1, -0.05) is 36.8 Å². The van der Waals surface area contributed by atoms with Crippen LogP contribution in [0.15, 0.2) is 30.3 Å². The predicted octanol–water partition coefficient (Wildman–Crippen LogP) is 2.82. The van der Waals surface area contributed by atoms with Crippen LogP contribution in [0.5, 0.6) is 0 Å². The maximum atomic E-state index is 12.3. The second kappa shape index (κ2) is 5.57. The fourth-order valence-electron chi connectivity index (χ4n) is 4.17. The molecule has 0 saturated carbocycles. The standard InChI is InChI=1S/C17H23NO2/c1-18-13-9-6-10-15(18)16(17(19)20-2)14(11-13)12-7-4-3-5-8-12/h3-5,7-8,13-16H,6,9-11H2,1-2H3/t13-,14+,15+,16+/m1/s1. The van der Waals surface area contributed by atoms with Crippen LogP contribution in [0.3, 0.4) is 0 Å². The smallest absolute Gasteiger partial charge is 0.310 e. The molecule has 4 atom stereocenters. The molecule has 2 fully saturated rings. The van der Waals surface area contributed by atoms with Crippen molar-refractivity contribution in [3.8, 4) is 0 Å². The summed E-state index contributed by atoms with van der Waals surface area (Å²) in [6, 6.07) is 11.4. The molecule has 0 radical (unpaired) electrons. The Morgan fingerprint density at radius 1 is 1.25 bits per heavy atom. The van der Waals surface area contributed by atoms with E-state index < -0.39 is 0 Å². The molecule has 0 aliphatic carbocycles. The largest absolute Gasteiger partial charge is 0.469 e. The monoisotopic (exact) mass is 273 g/mol. The Kier molecular flexibility index (Phi) is 3.79.